The van der Waals surface area contributed by atoms with Crippen molar-refractivity contribution in [2.75, 3.05) is 7.11 Å². The van der Waals surface area contributed by atoms with Gasteiger partial charge in [-0.1, -0.05) is 12.1 Å². The molecule has 0 aliphatic rings. The van der Waals surface area contributed by atoms with Crippen LogP contribution in [0.4, 0.5) is 0 Å². The van der Waals surface area contributed by atoms with E-state index >= 15 is 0 Å². The van der Waals surface area contributed by atoms with Crippen molar-refractivity contribution in [2.24, 2.45) is 0 Å². The topological polar surface area (TPSA) is 143 Å². The van der Waals surface area contributed by atoms with E-state index in [2.05, 4.69) is 0 Å². The molecule has 0 fully saturated rings. The van der Waals surface area contributed by atoms with Crippen LogP contribution in [0.25, 0.3) is 0 Å². The third-order valence-corrected chi connectivity index (χ3v) is 5.20. The van der Waals surface area contributed by atoms with Crippen LogP contribution in [0.2, 0.25) is 0 Å². The van der Waals surface area contributed by atoms with Gasteiger partial charge in [-0.05, 0) is 35.4 Å². The molecule has 0 unspecified atom stereocenters. The van der Waals surface area contributed by atoms with Crippen LogP contribution >= 0.6 is 11.3 Å². The lowest BCUT2D eigenvalue weighted by Crippen LogP contribution is -2.05. The van der Waals surface area contributed by atoms with E-state index in [1.165, 1.54) is 49.6 Å². The van der Waals surface area contributed by atoms with Crippen molar-refractivity contribution < 1.29 is 44.2 Å². The summed E-state index contributed by atoms with van der Waals surface area (Å²) in [6, 6.07) is 9.39. The number of hydrogen-bond donors (Lipinski definition) is 4. The molecule has 1 heterocycles. The van der Waals surface area contributed by atoms with Crippen molar-refractivity contribution >= 4 is 23.3 Å². The van der Waals surface area contributed by atoms with Gasteiger partial charge in [0.25, 0.3) is 0 Å². The number of phenols is 4. The van der Waals surface area contributed by atoms with Gasteiger partial charge in [0.2, 0.25) is 0 Å². The fourth-order valence-corrected chi connectivity index (χ4v) is 3.43. The summed E-state index contributed by atoms with van der Waals surface area (Å²) in [6.07, 6.45) is 0. The Morgan fingerprint density at radius 2 is 1.29 bits per heavy atom. The van der Waals surface area contributed by atoms with E-state index < -0.39 is 11.9 Å². The summed E-state index contributed by atoms with van der Waals surface area (Å²) in [5.74, 6) is -2.56. The molecule has 3 aromatic rings. The standard InChI is InChI=1S/C21H18O9S/c1-28-17-8-18(20(26)29-9-11-2-4-13(22)15(24)6-11)31-19(17)21(27)30-10-12-3-5-14(23)16(25)7-12/h2-8,22-25H,9-10H2,1H3. The number of rotatable bonds is 7. The molecule has 0 spiro atoms. The summed E-state index contributed by atoms with van der Waals surface area (Å²) < 4.78 is 15.5. The van der Waals surface area contributed by atoms with Crippen LogP contribution in [0.3, 0.4) is 0 Å². The molecule has 0 amide bonds. The molecular weight excluding hydrogens is 428 g/mol. The van der Waals surface area contributed by atoms with Crippen molar-refractivity contribution in [1.82, 2.24) is 0 Å². The van der Waals surface area contributed by atoms with Crippen molar-refractivity contribution in [3.63, 3.8) is 0 Å². The van der Waals surface area contributed by atoms with E-state index in [0.29, 0.717) is 11.1 Å². The second kappa shape index (κ2) is 9.26. The van der Waals surface area contributed by atoms with Gasteiger partial charge in [0.15, 0.2) is 27.9 Å². The van der Waals surface area contributed by atoms with Gasteiger partial charge in [0.1, 0.15) is 23.8 Å². The maximum Gasteiger partial charge on any atom is 0.352 e. The number of carbonyl (C=O) groups excluding carboxylic acids is 2. The number of aromatic hydroxyl groups is 4. The molecule has 10 heteroatoms. The molecule has 1 aromatic heterocycles. The molecule has 0 bridgehead atoms. The highest BCUT2D eigenvalue weighted by molar-refractivity contribution is 7.16. The van der Waals surface area contributed by atoms with Crippen molar-refractivity contribution in [1.29, 1.82) is 0 Å². The Bertz CT molecular complexity index is 1120. The number of hydrogen-bond acceptors (Lipinski definition) is 10. The van der Waals surface area contributed by atoms with Crippen LogP contribution in [0.5, 0.6) is 28.7 Å². The molecule has 162 valence electrons. The Morgan fingerprint density at radius 3 is 1.77 bits per heavy atom. The number of thiophene rings is 1. The lowest BCUT2D eigenvalue weighted by molar-refractivity contribution is 0.0469. The first-order valence-electron chi connectivity index (χ1n) is 8.82. The third kappa shape index (κ3) is 5.17. The summed E-state index contributed by atoms with van der Waals surface area (Å²) in [5, 5.41) is 37.6. The summed E-state index contributed by atoms with van der Waals surface area (Å²) in [6.45, 7) is -0.325. The highest BCUT2D eigenvalue weighted by Crippen LogP contribution is 2.32. The molecule has 4 N–H and O–H groups in total. The van der Waals surface area contributed by atoms with Crippen LogP contribution in [0.1, 0.15) is 30.5 Å². The Kier molecular flexibility index (Phi) is 6.51. The molecule has 31 heavy (non-hydrogen) atoms. The Labute approximate surface area is 180 Å². The minimum Gasteiger partial charge on any atom is -0.504 e. The monoisotopic (exact) mass is 446 g/mol. The SMILES string of the molecule is COc1cc(C(=O)OCc2ccc(O)c(O)c2)sc1C(=O)OCc1ccc(O)c(O)c1. The molecule has 0 saturated carbocycles. The van der Waals surface area contributed by atoms with Crippen LogP contribution in [0.15, 0.2) is 42.5 Å². The van der Waals surface area contributed by atoms with E-state index in [9.17, 15) is 30.0 Å². The summed E-state index contributed by atoms with van der Waals surface area (Å²) >= 11 is 0.829. The molecule has 0 saturated heterocycles. The number of benzene rings is 2. The highest BCUT2D eigenvalue weighted by atomic mass is 32.1. The van der Waals surface area contributed by atoms with Gasteiger partial charge in [0.05, 0.1) is 7.11 Å². The van der Waals surface area contributed by atoms with Crippen molar-refractivity contribution in [3.05, 3.63) is 63.3 Å². The van der Waals surface area contributed by atoms with Gasteiger partial charge < -0.3 is 34.6 Å². The Hall–Kier alpha value is -3.92. The predicted octanol–water partition coefficient (Wildman–Crippen LogP) is 3.29. The van der Waals surface area contributed by atoms with Crippen LogP contribution in [-0.4, -0.2) is 39.5 Å². The van der Waals surface area contributed by atoms with Gasteiger partial charge in [-0.15, -0.1) is 11.3 Å². The first-order chi connectivity index (χ1) is 14.8. The fraction of sp³-hybridized carbons (Fsp3) is 0.143. The summed E-state index contributed by atoms with van der Waals surface area (Å²) in [5.41, 5.74) is 0.917. The average molecular weight is 446 g/mol. The van der Waals surface area contributed by atoms with Crippen LogP contribution < -0.4 is 4.74 Å². The number of esters is 2. The largest absolute Gasteiger partial charge is 0.504 e. The highest BCUT2D eigenvalue weighted by Gasteiger charge is 2.23. The Balaban J connectivity index is 1.66. The van der Waals surface area contributed by atoms with Gasteiger partial charge in [0, 0.05) is 6.07 Å². The van der Waals surface area contributed by atoms with Crippen LogP contribution in [0, 0.1) is 0 Å². The predicted molar refractivity (Wildman–Crippen MR) is 109 cm³/mol. The van der Waals surface area contributed by atoms with Crippen molar-refractivity contribution in [2.45, 2.75) is 13.2 Å². The number of phenolic OH excluding ortho intramolecular Hbond substituents is 4. The van der Waals surface area contributed by atoms with E-state index in [4.69, 9.17) is 14.2 Å². The van der Waals surface area contributed by atoms with Crippen molar-refractivity contribution in [3.8, 4) is 28.7 Å². The molecule has 0 atom stereocenters. The molecular formula is C21H18O9S. The second-order valence-corrected chi connectivity index (χ2v) is 7.36. The Morgan fingerprint density at radius 1 is 0.774 bits per heavy atom. The fourth-order valence-electron chi connectivity index (χ4n) is 2.52. The zero-order chi connectivity index (χ0) is 22.5. The third-order valence-electron chi connectivity index (χ3n) is 4.12. The summed E-state index contributed by atoms with van der Waals surface area (Å²) in [4.78, 5) is 24.9. The first-order valence-corrected chi connectivity index (χ1v) is 9.64. The second-order valence-electron chi connectivity index (χ2n) is 6.31. The maximum absolute atomic E-state index is 12.4. The van der Waals surface area contributed by atoms with E-state index in [1.807, 2.05) is 0 Å². The van der Waals surface area contributed by atoms with Gasteiger partial charge >= 0.3 is 11.9 Å². The van der Waals surface area contributed by atoms with Gasteiger partial charge in [-0.3, -0.25) is 0 Å². The summed E-state index contributed by atoms with van der Waals surface area (Å²) in [7, 11) is 1.34. The lowest BCUT2D eigenvalue weighted by atomic mass is 10.2. The normalized spacial score (nSPS) is 10.5. The minimum atomic E-state index is -0.739. The molecule has 0 aliphatic heterocycles. The number of ether oxygens (including phenoxy) is 3. The first kappa shape index (κ1) is 21.8. The van der Waals surface area contributed by atoms with E-state index in [0.717, 1.165) is 11.3 Å². The van der Waals surface area contributed by atoms with E-state index in [-0.39, 0.29) is 51.7 Å². The molecule has 0 radical (unpaired) electrons. The number of carbonyl (C=O) groups is 2. The lowest BCUT2D eigenvalue weighted by Gasteiger charge is -2.06. The average Bonchev–Trinajstić information content (AvgIpc) is 3.19. The zero-order valence-corrected chi connectivity index (χ0v) is 17.0. The maximum atomic E-state index is 12.4. The molecule has 0 aliphatic carbocycles. The van der Waals surface area contributed by atoms with Crippen LogP contribution in [-0.2, 0) is 22.7 Å². The molecule has 3 rings (SSSR count). The quantitative estimate of drug-likeness (QED) is 0.317. The zero-order valence-electron chi connectivity index (χ0n) is 16.2. The van der Waals surface area contributed by atoms with E-state index in [1.54, 1.807) is 0 Å². The van der Waals surface area contributed by atoms with Gasteiger partial charge in [-0.2, -0.15) is 0 Å². The number of methoxy groups -OCH3 is 1. The molecule has 9 nitrogen and oxygen atoms in total. The van der Waals surface area contributed by atoms with Gasteiger partial charge in [-0.25, -0.2) is 9.59 Å². The minimum absolute atomic E-state index is 0.0553. The molecule has 2 aromatic carbocycles. The smallest absolute Gasteiger partial charge is 0.352 e.